The van der Waals surface area contributed by atoms with Crippen molar-refractivity contribution in [1.82, 2.24) is 9.80 Å². The third kappa shape index (κ3) is 1.69. The second kappa shape index (κ2) is 2.90. The first-order valence-corrected chi connectivity index (χ1v) is 3.60. The molecule has 0 aliphatic carbocycles. The van der Waals surface area contributed by atoms with Crippen LogP contribution >= 0.6 is 0 Å². The number of nitrogens with zero attached hydrogens (tertiary/aromatic N) is 2. The molecule has 1 fully saturated rings. The molecule has 62 valence electrons. The number of piperazine rings is 1. The Labute approximate surface area is 65.8 Å². The van der Waals surface area contributed by atoms with Crippen LogP contribution in [-0.4, -0.2) is 48.3 Å². The maximum atomic E-state index is 11.0. The molecule has 0 aromatic rings. The van der Waals surface area contributed by atoms with Gasteiger partial charge in [-0.3, -0.25) is 9.59 Å². The van der Waals surface area contributed by atoms with Crippen molar-refractivity contribution >= 4 is 11.8 Å². The van der Waals surface area contributed by atoms with Gasteiger partial charge >= 0.3 is 0 Å². The summed E-state index contributed by atoms with van der Waals surface area (Å²) in [4.78, 5) is 25.0. The van der Waals surface area contributed by atoms with E-state index in [9.17, 15) is 9.59 Å². The molecule has 2 amide bonds. The maximum Gasteiger partial charge on any atom is 0.241 e. The van der Waals surface area contributed by atoms with E-state index < -0.39 is 0 Å². The van der Waals surface area contributed by atoms with Crippen LogP contribution in [0.1, 0.15) is 6.92 Å². The van der Waals surface area contributed by atoms with Crippen molar-refractivity contribution in [1.29, 1.82) is 0 Å². The molecule has 0 bridgehead atoms. The van der Waals surface area contributed by atoms with Crippen molar-refractivity contribution in [2.45, 2.75) is 6.92 Å². The Balaban J connectivity index is 2.53. The molecule has 1 heterocycles. The van der Waals surface area contributed by atoms with Gasteiger partial charge in [-0.05, 0) is 0 Å². The lowest BCUT2D eigenvalue weighted by atomic mass is 10.3. The van der Waals surface area contributed by atoms with Crippen LogP contribution in [0, 0.1) is 0 Å². The molecular formula is C7H12N2O2. The van der Waals surface area contributed by atoms with Crippen LogP contribution < -0.4 is 0 Å². The highest BCUT2D eigenvalue weighted by atomic mass is 16.2. The van der Waals surface area contributed by atoms with E-state index in [0.29, 0.717) is 13.1 Å². The first kappa shape index (κ1) is 8.04. The lowest BCUT2D eigenvalue weighted by Gasteiger charge is -2.31. The van der Waals surface area contributed by atoms with Gasteiger partial charge in [-0.2, -0.15) is 0 Å². The van der Waals surface area contributed by atoms with Gasteiger partial charge < -0.3 is 9.80 Å². The highest BCUT2D eigenvalue weighted by Gasteiger charge is 2.21. The summed E-state index contributed by atoms with van der Waals surface area (Å²) in [7, 11) is 1.75. The van der Waals surface area contributed by atoms with Crippen LogP contribution in [0.5, 0.6) is 0 Å². The minimum Gasteiger partial charge on any atom is -0.342 e. The molecular weight excluding hydrogens is 144 g/mol. The van der Waals surface area contributed by atoms with Crippen LogP contribution in [-0.2, 0) is 9.59 Å². The second-order valence-electron chi connectivity index (χ2n) is 2.76. The minimum atomic E-state index is -0.0218. The third-order valence-corrected chi connectivity index (χ3v) is 1.90. The lowest BCUT2D eigenvalue weighted by molar-refractivity contribution is -0.142. The molecule has 1 rings (SSSR count). The Kier molecular flexibility index (Phi) is 2.12. The second-order valence-corrected chi connectivity index (χ2v) is 2.76. The average molecular weight is 156 g/mol. The van der Waals surface area contributed by atoms with Crippen molar-refractivity contribution in [3.63, 3.8) is 0 Å². The molecule has 4 nitrogen and oxygen atoms in total. The maximum absolute atomic E-state index is 11.0. The zero-order chi connectivity index (χ0) is 8.43. The number of likely N-dealkylation sites (N-methyl/N-ethyl adjacent to an activating group) is 1. The first-order chi connectivity index (χ1) is 5.11. The smallest absolute Gasteiger partial charge is 0.241 e. The lowest BCUT2D eigenvalue weighted by Crippen LogP contribution is -2.49. The Morgan fingerprint density at radius 1 is 1.45 bits per heavy atom. The zero-order valence-electron chi connectivity index (χ0n) is 6.83. The van der Waals surface area contributed by atoms with Crippen LogP contribution in [0.25, 0.3) is 0 Å². The Morgan fingerprint density at radius 2 is 2.09 bits per heavy atom. The van der Waals surface area contributed by atoms with Crippen molar-refractivity contribution < 1.29 is 9.59 Å². The van der Waals surface area contributed by atoms with Crippen molar-refractivity contribution in [2.24, 2.45) is 0 Å². The van der Waals surface area contributed by atoms with Gasteiger partial charge in [0.15, 0.2) is 0 Å². The fraction of sp³-hybridized carbons (Fsp3) is 0.714. The van der Waals surface area contributed by atoms with E-state index in [0.717, 1.165) is 0 Å². The molecule has 0 spiro atoms. The van der Waals surface area contributed by atoms with Crippen molar-refractivity contribution in [3.8, 4) is 0 Å². The molecule has 0 atom stereocenters. The van der Waals surface area contributed by atoms with Gasteiger partial charge in [0, 0.05) is 27.1 Å². The number of hydrogen-bond acceptors (Lipinski definition) is 2. The number of rotatable bonds is 0. The van der Waals surface area contributed by atoms with E-state index in [-0.39, 0.29) is 18.4 Å². The molecule has 0 aromatic heterocycles. The summed E-state index contributed by atoms with van der Waals surface area (Å²) >= 11 is 0. The molecule has 0 radical (unpaired) electrons. The van der Waals surface area contributed by atoms with Gasteiger partial charge in [-0.15, -0.1) is 0 Å². The number of carbonyl (C=O) groups is 2. The van der Waals surface area contributed by atoms with E-state index in [1.54, 1.807) is 16.8 Å². The van der Waals surface area contributed by atoms with Crippen LogP contribution in [0.2, 0.25) is 0 Å². The Bertz CT molecular complexity index is 191. The van der Waals surface area contributed by atoms with Crippen LogP contribution in [0.15, 0.2) is 0 Å². The molecule has 11 heavy (non-hydrogen) atoms. The predicted octanol–water partition coefficient (Wildman–Crippen LogP) is -0.693. The normalized spacial score (nSPS) is 18.9. The fourth-order valence-corrected chi connectivity index (χ4v) is 1.03. The van der Waals surface area contributed by atoms with E-state index >= 15 is 0 Å². The van der Waals surface area contributed by atoms with Crippen molar-refractivity contribution in [2.75, 3.05) is 26.7 Å². The van der Waals surface area contributed by atoms with Crippen LogP contribution in [0.3, 0.4) is 0 Å². The summed E-state index contributed by atoms with van der Waals surface area (Å²) in [5, 5.41) is 0. The summed E-state index contributed by atoms with van der Waals surface area (Å²) in [6.07, 6.45) is 0. The average Bonchev–Trinajstić information content (AvgIpc) is 1.94. The standard InChI is InChI=1S/C7H12N2O2/c1-6(10)9-4-3-8(2)7(11)5-9/h3-5H2,1-2H3. The SMILES string of the molecule is CC(=O)N1CCN(C)C(=O)C1. The molecule has 0 unspecified atom stereocenters. The summed E-state index contributed by atoms with van der Waals surface area (Å²) < 4.78 is 0. The van der Waals surface area contributed by atoms with E-state index in [1.807, 2.05) is 0 Å². The first-order valence-electron chi connectivity index (χ1n) is 3.60. The van der Waals surface area contributed by atoms with Crippen LogP contribution in [0.4, 0.5) is 0 Å². The Morgan fingerprint density at radius 3 is 2.55 bits per heavy atom. The summed E-state index contributed by atoms with van der Waals surface area (Å²) in [6, 6.07) is 0. The monoisotopic (exact) mass is 156 g/mol. The molecule has 0 N–H and O–H groups in total. The zero-order valence-corrected chi connectivity index (χ0v) is 6.83. The van der Waals surface area contributed by atoms with Gasteiger partial charge in [-0.1, -0.05) is 0 Å². The van der Waals surface area contributed by atoms with E-state index in [1.165, 1.54) is 6.92 Å². The quantitative estimate of drug-likeness (QED) is 0.465. The van der Waals surface area contributed by atoms with Gasteiger partial charge in [0.1, 0.15) is 0 Å². The molecule has 1 aliphatic rings. The number of carbonyl (C=O) groups excluding carboxylic acids is 2. The van der Waals surface area contributed by atoms with E-state index in [2.05, 4.69) is 0 Å². The minimum absolute atomic E-state index is 0.0199. The molecule has 1 aliphatic heterocycles. The summed E-state index contributed by atoms with van der Waals surface area (Å²) in [5.74, 6) is -0.00194. The highest BCUT2D eigenvalue weighted by Crippen LogP contribution is 2.00. The molecule has 0 aromatic carbocycles. The van der Waals surface area contributed by atoms with Gasteiger partial charge in [0.2, 0.25) is 11.8 Å². The van der Waals surface area contributed by atoms with Gasteiger partial charge in [0.25, 0.3) is 0 Å². The highest BCUT2D eigenvalue weighted by molar-refractivity contribution is 5.84. The topological polar surface area (TPSA) is 40.6 Å². The predicted molar refractivity (Wildman–Crippen MR) is 39.9 cm³/mol. The molecule has 4 heteroatoms. The number of amides is 2. The van der Waals surface area contributed by atoms with Crippen molar-refractivity contribution in [3.05, 3.63) is 0 Å². The number of hydrogen-bond donors (Lipinski definition) is 0. The van der Waals surface area contributed by atoms with E-state index in [4.69, 9.17) is 0 Å². The van der Waals surface area contributed by atoms with Gasteiger partial charge in [0.05, 0.1) is 6.54 Å². The summed E-state index contributed by atoms with van der Waals surface area (Å²) in [5.41, 5.74) is 0. The molecule has 0 saturated carbocycles. The largest absolute Gasteiger partial charge is 0.342 e. The Hall–Kier alpha value is -1.06. The summed E-state index contributed by atoms with van der Waals surface area (Å²) in [6.45, 7) is 3.04. The molecule has 1 saturated heterocycles. The third-order valence-electron chi connectivity index (χ3n) is 1.90. The van der Waals surface area contributed by atoms with Gasteiger partial charge in [-0.25, -0.2) is 0 Å². The fourth-order valence-electron chi connectivity index (χ4n) is 1.03.